The maximum atomic E-state index is 5.70. The zero-order valence-electron chi connectivity index (χ0n) is 8.76. The molecule has 3 fully saturated rings. The van der Waals surface area contributed by atoms with Crippen LogP contribution in [0.15, 0.2) is 0 Å². The van der Waals surface area contributed by atoms with Gasteiger partial charge in [-0.3, -0.25) is 0 Å². The van der Waals surface area contributed by atoms with Gasteiger partial charge >= 0.3 is 0 Å². The Morgan fingerprint density at radius 3 is 2.33 bits per heavy atom. The van der Waals surface area contributed by atoms with E-state index in [2.05, 4.69) is 0 Å². The Balaban J connectivity index is 1.53. The van der Waals surface area contributed by atoms with Crippen molar-refractivity contribution in [3.8, 4) is 0 Å². The summed E-state index contributed by atoms with van der Waals surface area (Å²) in [4.78, 5) is 0. The average molecular weight is 216 g/mol. The fraction of sp³-hybridized carbons (Fsp3) is 1.00. The molecular formula is C10H16O5. The molecule has 0 N–H and O–H groups in total. The van der Waals surface area contributed by atoms with Crippen LogP contribution in [0.25, 0.3) is 0 Å². The maximum Gasteiger partial charge on any atom is 0.115 e. The van der Waals surface area contributed by atoms with E-state index in [0.717, 1.165) is 6.61 Å². The van der Waals surface area contributed by atoms with Gasteiger partial charge in [0.2, 0.25) is 0 Å². The van der Waals surface area contributed by atoms with E-state index in [4.69, 9.17) is 23.7 Å². The summed E-state index contributed by atoms with van der Waals surface area (Å²) in [7, 11) is 1.69. The molecule has 3 heterocycles. The van der Waals surface area contributed by atoms with Gasteiger partial charge in [0.15, 0.2) is 0 Å². The summed E-state index contributed by atoms with van der Waals surface area (Å²) in [5.74, 6) is 0. The Hall–Kier alpha value is -0.200. The molecule has 5 heteroatoms. The molecule has 3 saturated heterocycles. The minimum absolute atomic E-state index is 0.0358. The first-order valence-electron chi connectivity index (χ1n) is 5.37. The SMILES string of the molecule is COC1COC2C(OCC3CO3)COC12. The molecule has 0 aromatic carbocycles. The first-order valence-corrected chi connectivity index (χ1v) is 5.37. The minimum atomic E-state index is 0.0358. The Labute approximate surface area is 88.6 Å². The van der Waals surface area contributed by atoms with Crippen LogP contribution >= 0.6 is 0 Å². The monoisotopic (exact) mass is 216 g/mol. The van der Waals surface area contributed by atoms with Crippen LogP contribution in [0.1, 0.15) is 0 Å². The molecule has 86 valence electrons. The maximum absolute atomic E-state index is 5.70. The molecule has 5 atom stereocenters. The Morgan fingerprint density at radius 2 is 1.67 bits per heavy atom. The van der Waals surface area contributed by atoms with Gasteiger partial charge in [0.25, 0.3) is 0 Å². The van der Waals surface area contributed by atoms with Crippen molar-refractivity contribution < 1.29 is 23.7 Å². The fourth-order valence-electron chi connectivity index (χ4n) is 2.17. The van der Waals surface area contributed by atoms with Gasteiger partial charge in [0.1, 0.15) is 30.5 Å². The molecule has 0 saturated carbocycles. The number of fused-ring (bicyclic) bond motifs is 1. The third-order valence-corrected chi connectivity index (χ3v) is 3.16. The molecule has 0 aromatic rings. The Bertz CT molecular complexity index is 230. The van der Waals surface area contributed by atoms with Gasteiger partial charge < -0.3 is 23.7 Å². The van der Waals surface area contributed by atoms with Crippen LogP contribution in [0.5, 0.6) is 0 Å². The summed E-state index contributed by atoms with van der Waals surface area (Å²) in [5.41, 5.74) is 0. The highest BCUT2D eigenvalue weighted by atomic mass is 16.7. The largest absolute Gasteiger partial charge is 0.376 e. The van der Waals surface area contributed by atoms with Crippen molar-refractivity contribution in [3.05, 3.63) is 0 Å². The summed E-state index contributed by atoms with van der Waals surface area (Å²) < 4.78 is 27.3. The molecule has 0 spiro atoms. The number of rotatable bonds is 4. The van der Waals surface area contributed by atoms with Gasteiger partial charge in [-0.1, -0.05) is 0 Å². The average Bonchev–Trinajstić information content (AvgIpc) is 2.86. The van der Waals surface area contributed by atoms with Crippen molar-refractivity contribution in [2.45, 2.75) is 30.5 Å². The van der Waals surface area contributed by atoms with Crippen LogP contribution in [0.4, 0.5) is 0 Å². The van der Waals surface area contributed by atoms with Crippen LogP contribution < -0.4 is 0 Å². The Morgan fingerprint density at radius 1 is 1.00 bits per heavy atom. The third kappa shape index (κ3) is 1.90. The zero-order valence-corrected chi connectivity index (χ0v) is 8.76. The van der Waals surface area contributed by atoms with E-state index in [0.29, 0.717) is 25.9 Å². The molecule has 0 amide bonds. The number of hydrogen-bond acceptors (Lipinski definition) is 5. The van der Waals surface area contributed by atoms with Crippen molar-refractivity contribution in [2.75, 3.05) is 33.5 Å². The van der Waals surface area contributed by atoms with Gasteiger partial charge in [-0.15, -0.1) is 0 Å². The van der Waals surface area contributed by atoms with E-state index in [1.165, 1.54) is 0 Å². The predicted molar refractivity (Wildman–Crippen MR) is 49.8 cm³/mol. The zero-order chi connectivity index (χ0) is 10.3. The van der Waals surface area contributed by atoms with E-state index in [9.17, 15) is 0 Å². The van der Waals surface area contributed by atoms with Crippen molar-refractivity contribution >= 4 is 0 Å². The Kier molecular flexibility index (Phi) is 2.66. The molecule has 5 nitrogen and oxygen atoms in total. The number of ether oxygens (including phenoxy) is 5. The number of hydrogen-bond donors (Lipinski definition) is 0. The minimum Gasteiger partial charge on any atom is -0.376 e. The lowest BCUT2D eigenvalue weighted by Crippen LogP contribution is -2.34. The second-order valence-electron chi connectivity index (χ2n) is 4.20. The first kappa shape index (κ1) is 9.99. The van der Waals surface area contributed by atoms with Crippen LogP contribution in [0.3, 0.4) is 0 Å². The molecule has 5 unspecified atom stereocenters. The van der Waals surface area contributed by atoms with Gasteiger partial charge in [-0.25, -0.2) is 0 Å². The summed E-state index contributed by atoms with van der Waals surface area (Å²) in [6.07, 6.45) is 0.470. The topological polar surface area (TPSA) is 49.5 Å². The molecule has 0 bridgehead atoms. The predicted octanol–water partition coefficient (Wildman–Crippen LogP) is -0.417. The molecule has 0 aliphatic carbocycles. The highest BCUT2D eigenvalue weighted by molar-refractivity contribution is 4.95. The van der Waals surface area contributed by atoms with Crippen molar-refractivity contribution in [2.24, 2.45) is 0 Å². The van der Waals surface area contributed by atoms with Crippen LogP contribution in [0.2, 0.25) is 0 Å². The third-order valence-electron chi connectivity index (χ3n) is 3.16. The van der Waals surface area contributed by atoms with Gasteiger partial charge in [0.05, 0.1) is 26.4 Å². The molecule has 3 aliphatic heterocycles. The lowest BCUT2D eigenvalue weighted by molar-refractivity contribution is -0.0448. The highest BCUT2D eigenvalue weighted by Crippen LogP contribution is 2.30. The summed E-state index contributed by atoms with van der Waals surface area (Å²) >= 11 is 0. The van der Waals surface area contributed by atoms with Crippen LogP contribution in [-0.2, 0) is 23.7 Å². The summed E-state index contributed by atoms with van der Waals surface area (Å²) in [6.45, 7) is 2.68. The van der Waals surface area contributed by atoms with Gasteiger partial charge in [-0.05, 0) is 0 Å². The normalized spacial score (nSPS) is 48.2. The molecule has 3 rings (SSSR count). The van der Waals surface area contributed by atoms with Crippen molar-refractivity contribution in [1.29, 1.82) is 0 Å². The quantitative estimate of drug-likeness (QED) is 0.597. The van der Waals surface area contributed by atoms with E-state index < -0.39 is 0 Å². The van der Waals surface area contributed by atoms with Crippen molar-refractivity contribution in [1.82, 2.24) is 0 Å². The lowest BCUT2D eigenvalue weighted by atomic mass is 10.1. The van der Waals surface area contributed by atoms with Gasteiger partial charge in [-0.2, -0.15) is 0 Å². The molecule has 0 aromatic heterocycles. The number of epoxide rings is 1. The van der Waals surface area contributed by atoms with E-state index in [1.54, 1.807) is 7.11 Å². The highest BCUT2D eigenvalue weighted by Gasteiger charge is 2.48. The van der Waals surface area contributed by atoms with Crippen LogP contribution in [0, 0.1) is 0 Å². The fourth-order valence-corrected chi connectivity index (χ4v) is 2.17. The standard InChI is InChI=1S/C10H16O5/c1-11-7-4-14-10-8(5-15-9(7)10)13-3-6-2-12-6/h6-10H,2-5H2,1H3. The molecule has 15 heavy (non-hydrogen) atoms. The molecule has 0 radical (unpaired) electrons. The summed E-state index contributed by atoms with van der Waals surface area (Å²) in [6, 6.07) is 0. The van der Waals surface area contributed by atoms with Gasteiger partial charge in [0, 0.05) is 7.11 Å². The summed E-state index contributed by atoms with van der Waals surface area (Å²) in [5, 5.41) is 0. The van der Waals surface area contributed by atoms with E-state index in [1.807, 2.05) is 0 Å². The van der Waals surface area contributed by atoms with E-state index >= 15 is 0 Å². The van der Waals surface area contributed by atoms with E-state index in [-0.39, 0.29) is 24.4 Å². The smallest absolute Gasteiger partial charge is 0.115 e. The first-order chi connectivity index (χ1) is 7.38. The number of methoxy groups -OCH3 is 1. The second kappa shape index (κ2) is 3.99. The lowest BCUT2D eigenvalue weighted by Gasteiger charge is -2.16. The second-order valence-corrected chi connectivity index (χ2v) is 4.20. The van der Waals surface area contributed by atoms with Crippen LogP contribution in [-0.4, -0.2) is 64.1 Å². The molecule has 3 aliphatic rings. The molecular weight excluding hydrogens is 200 g/mol. The van der Waals surface area contributed by atoms with Crippen molar-refractivity contribution in [3.63, 3.8) is 0 Å².